The number of hydrogen-bond acceptors (Lipinski definition) is 7. The van der Waals surface area contributed by atoms with Gasteiger partial charge in [0.2, 0.25) is 0 Å². The average Bonchev–Trinajstić information content (AvgIpc) is 2.93. The van der Waals surface area contributed by atoms with E-state index in [0.717, 1.165) is 0 Å². The first-order chi connectivity index (χ1) is 9.88. The van der Waals surface area contributed by atoms with Crippen LogP contribution in [0.4, 0.5) is 0 Å². The summed E-state index contributed by atoms with van der Waals surface area (Å²) in [6.45, 7) is 3.11. The molecular formula is C14H12O6S-2. The van der Waals surface area contributed by atoms with Gasteiger partial charge in [0.05, 0.1) is 23.4 Å². The Morgan fingerprint density at radius 3 is 1.62 bits per heavy atom. The Morgan fingerprint density at radius 2 is 1.33 bits per heavy atom. The van der Waals surface area contributed by atoms with Crippen molar-refractivity contribution in [2.75, 3.05) is 0 Å². The van der Waals surface area contributed by atoms with Gasteiger partial charge in [-0.2, -0.15) is 0 Å². The molecule has 0 saturated carbocycles. The van der Waals surface area contributed by atoms with Gasteiger partial charge in [-0.3, -0.25) is 0 Å². The van der Waals surface area contributed by atoms with Gasteiger partial charge in [-0.15, -0.1) is 11.8 Å². The molecule has 112 valence electrons. The molecule has 2 rings (SSSR count). The van der Waals surface area contributed by atoms with Crippen LogP contribution < -0.4 is 10.2 Å². The first-order valence-corrected chi connectivity index (χ1v) is 7.23. The molecule has 0 aliphatic rings. The average molecular weight is 308 g/mol. The van der Waals surface area contributed by atoms with Crippen molar-refractivity contribution in [2.45, 2.75) is 25.4 Å². The molecule has 0 saturated heterocycles. The van der Waals surface area contributed by atoms with E-state index in [1.54, 1.807) is 13.8 Å². The van der Waals surface area contributed by atoms with Crippen LogP contribution in [0.25, 0.3) is 0 Å². The minimum Gasteiger partial charge on any atom is -0.545 e. The smallest absolute Gasteiger partial charge is 0.114 e. The SMILES string of the molecule is Cc1oc(CSCc2cc(C(=O)[O-])c(C)o2)cc1C(=O)[O-]. The fraction of sp³-hybridized carbons (Fsp3) is 0.286. The van der Waals surface area contributed by atoms with E-state index in [0.29, 0.717) is 34.5 Å². The highest BCUT2D eigenvalue weighted by Crippen LogP contribution is 2.24. The zero-order valence-electron chi connectivity index (χ0n) is 11.4. The van der Waals surface area contributed by atoms with E-state index in [2.05, 4.69) is 0 Å². The highest BCUT2D eigenvalue weighted by Gasteiger charge is 2.11. The second kappa shape index (κ2) is 6.09. The highest BCUT2D eigenvalue weighted by atomic mass is 32.2. The molecule has 2 aromatic heterocycles. The van der Waals surface area contributed by atoms with E-state index in [1.807, 2.05) is 0 Å². The van der Waals surface area contributed by atoms with E-state index in [9.17, 15) is 19.8 Å². The predicted octanol–water partition coefficient (Wildman–Crippen LogP) is 0.650. The maximum Gasteiger partial charge on any atom is 0.114 e. The van der Waals surface area contributed by atoms with Crippen LogP contribution in [-0.2, 0) is 11.5 Å². The van der Waals surface area contributed by atoms with Crippen molar-refractivity contribution in [2.24, 2.45) is 0 Å². The predicted molar refractivity (Wildman–Crippen MR) is 70.6 cm³/mol. The summed E-state index contributed by atoms with van der Waals surface area (Å²) in [7, 11) is 0. The zero-order valence-corrected chi connectivity index (χ0v) is 12.2. The summed E-state index contributed by atoms with van der Waals surface area (Å²) in [4.78, 5) is 21.6. The van der Waals surface area contributed by atoms with Gasteiger partial charge in [0.1, 0.15) is 23.0 Å². The Kier molecular flexibility index (Phi) is 4.42. The number of carbonyl (C=O) groups excluding carboxylic acids is 2. The molecule has 0 fully saturated rings. The molecule has 0 aromatic carbocycles. The molecule has 0 amide bonds. The topological polar surface area (TPSA) is 107 Å². The molecule has 0 unspecified atom stereocenters. The van der Waals surface area contributed by atoms with E-state index in [4.69, 9.17) is 8.83 Å². The second-order valence-corrected chi connectivity index (χ2v) is 5.42. The second-order valence-electron chi connectivity index (χ2n) is 4.43. The van der Waals surface area contributed by atoms with Crippen molar-refractivity contribution >= 4 is 23.7 Å². The molecule has 0 bridgehead atoms. The van der Waals surface area contributed by atoms with Gasteiger partial charge in [0.25, 0.3) is 0 Å². The van der Waals surface area contributed by atoms with Gasteiger partial charge < -0.3 is 28.6 Å². The van der Waals surface area contributed by atoms with E-state index < -0.39 is 11.9 Å². The number of hydrogen-bond donors (Lipinski definition) is 0. The molecule has 0 radical (unpaired) electrons. The number of thioether (sulfide) groups is 1. The molecule has 0 aliphatic heterocycles. The quantitative estimate of drug-likeness (QED) is 0.771. The normalized spacial score (nSPS) is 10.8. The van der Waals surface area contributed by atoms with Crippen LogP contribution in [0.5, 0.6) is 0 Å². The maximum atomic E-state index is 10.8. The summed E-state index contributed by atoms with van der Waals surface area (Å²) in [5.74, 6) is -0.0265. The number of aromatic carboxylic acids is 2. The number of aryl methyl sites for hydroxylation is 2. The Bertz CT molecular complexity index is 623. The number of carboxylic acid groups (broad SMARTS) is 2. The minimum atomic E-state index is -1.27. The number of carboxylic acids is 2. The highest BCUT2D eigenvalue weighted by molar-refractivity contribution is 7.97. The number of furan rings is 2. The summed E-state index contributed by atoms with van der Waals surface area (Å²) >= 11 is 1.41. The minimum absolute atomic E-state index is 0.0404. The lowest BCUT2D eigenvalue weighted by Crippen LogP contribution is -2.22. The first-order valence-electron chi connectivity index (χ1n) is 6.07. The van der Waals surface area contributed by atoms with Crippen LogP contribution >= 0.6 is 11.8 Å². The van der Waals surface area contributed by atoms with E-state index in [1.165, 1.54) is 23.9 Å². The molecular weight excluding hydrogens is 296 g/mol. The lowest BCUT2D eigenvalue weighted by molar-refractivity contribution is -0.256. The molecule has 2 aromatic rings. The van der Waals surface area contributed by atoms with Gasteiger partial charge in [-0.1, -0.05) is 0 Å². The fourth-order valence-corrected chi connectivity index (χ4v) is 2.68. The van der Waals surface area contributed by atoms with Crippen molar-refractivity contribution in [1.29, 1.82) is 0 Å². The molecule has 6 nitrogen and oxygen atoms in total. The summed E-state index contributed by atoms with van der Waals surface area (Å²) in [6, 6.07) is 2.86. The van der Waals surface area contributed by atoms with Gasteiger partial charge in [0, 0.05) is 11.1 Å². The third-order valence-electron chi connectivity index (χ3n) is 2.87. The van der Waals surface area contributed by atoms with Crippen LogP contribution in [0.2, 0.25) is 0 Å². The fourth-order valence-electron chi connectivity index (χ4n) is 1.89. The van der Waals surface area contributed by atoms with Crippen molar-refractivity contribution in [3.05, 3.63) is 46.3 Å². The molecule has 0 spiro atoms. The van der Waals surface area contributed by atoms with Gasteiger partial charge in [0.15, 0.2) is 0 Å². The summed E-state index contributed by atoms with van der Waals surface area (Å²) in [5, 5.41) is 21.6. The molecule has 21 heavy (non-hydrogen) atoms. The standard InChI is InChI=1S/C14H14O6S/c1-7-11(13(15)16)3-9(19-7)5-21-6-10-4-12(14(17)18)8(2)20-10/h3-4H,5-6H2,1-2H3,(H,15,16)(H,17,18)/p-2. The van der Waals surface area contributed by atoms with Gasteiger partial charge >= 0.3 is 0 Å². The van der Waals surface area contributed by atoms with Crippen LogP contribution in [0, 0.1) is 13.8 Å². The molecule has 0 N–H and O–H groups in total. The van der Waals surface area contributed by atoms with Crippen molar-refractivity contribution in [3.63, 3.8) is 0 Å². The third-order valence-corrected chi connectivity index (χ3v) is 3.84. The molecule has 2 heterocycles. The number of rotatable bonds is 6. The Labute approximate surface area is 124 Å². The molecule has 0 aliphatic carbocycles. The van der Waals surface area contributed by atoms with Crippen molar-refractivity contribution < 1.29 is 28.6 Å². The van der Waals surface area contributed by atoms with Crippen molar-refractivity contribution in [3.8, 4) is 0 Å². The zero-order chi connectivity index (χ0) is 15.6. The van der Waals surface area contributed by atoms with Gasteiger partial charge in [-0.25, -0.2) is 0 Å². The van der Waals surface area contributed by atoms with Crippen LogP contribution in [0.1, 0.15) is 43.8 Å². The largest absolute Gasteiger partial charge is 0.545 e. The first kappa shape index (κ1) is 15.2. The lowest BCUT2D eigenvalue weighted by Gasteiger charge is -1.96. The van der Waals surface area contributed by atoms with Crippen LogP contribution in [0.3, 0.4) is 0 Å². The van der Waals surface area contributed by atoms with Crippen LogP contribution in [0.15, 0.2) is 21.0 Å². The summed E-state index contributed by atoms with van der Waals surface area (Å²) in [6.07, 6.45) is 0. The summed E-state index contributed by atoms with van der Waals surface area (Å²) < 4.78 is 10.6. The van der Waals surface area contributed by atoms with Crippen LogP contribution in [-0.4, -0.2) is 11.9 Å². The number of carbonyl (C=O) groups is 2. The Morgan fingerprint density at radius 1 is 0.952 bits per heavy atom. The third kappa shape index (κ3) is 3.49. The lowest BCUT2D eigenvalue weighted by atomic mass is 10.2. The van der Waals surface area contributed by atoms with Gasteiger partial charge in [-0.05, 0) is 26.0 Å². The Hall–Kier alpha value is -2.15. The molecule has 7 heteroatoms. The Balaban J connectivity index is 1.95. The molecule has 0 atom stereocenters. The summed E-state index contributed by atoms with van der Waals surface area (Å²) in [5.41, 5.74) is 0.0809. The van der Waals surface area contributed by atoms with Crippen molar-refractivity contribution in [1.82, 2.24) is 0 Å². The maximum absolute atomic E-state index is 10.8. The monoisotopic (exact) mass is 308 g/mol. The van der Waals surface area contributed by atoms with E-state index in [-0.39, 0.29) is 11.1 Å². The van der Waals surface area contributed by atoms with E-state index >= 15 is 0 Å².